The Morgan fingerprint density at radius 2 is 2.00 bits per heavy atom. The molecule has 86 valence electrons. The minimum absolute atomic E-state index is 0.00463. The number of hydrogen-bond acceptors (Lipinski definition) is 2. The molecule has 1 heterocycles. The number of amides is 1. The first kappa shape index (κ1) is 11.1. The first-order chi connectivity index (χ1) is 7.34. The van der Waals surface area contributed by atoms with Crippen LogP contribution in [0.15, 0.2) is 12.1 Å². The summed E-state index contributed by atoms with van der Waals surface area (Å²) in [5.41, 5.74) is 3.13. The fraction of sp³-hybridized carbons (Fsp3) is 0.462. The predicted octanol–water partition coefficient (Wildman–Crippen LogP) is 2.28. The zero-order valence-corrected chi connectivity index (χ0v) is 10.1. The van der Waals surface area contributed by atoms with Gasteiger partial charge in [-0.2, -0.15) is 0 Å². The molecule has 1 amide bonds. The van der Waals surface area contributed by atoms with Gasteiger partial charge >= 0.3 is 0 Å². The van der Waals surface area contributed by atoms with Crippen molar-refractivity contribution < 1.29 is 9.90 Å². The summed E-state index contributed by atoms with van der Waals surface area (Å²) in [4.78, 5) is 11.8. The maximum Gasteiger partial charge on any atom is 0.234 e. The molecule has 0 spiro atoms. The van der Waals surface area contributed by atoms with Crippen LogP contribution in [0, 0.1) is 6.92 Å². The van der Waals surface area contributed by atoms with Crippen LogP contribution in [-0.2, 0) is 10.2 Å². The molecule has 1 aromatic carbocycles. The van der Waals surface area contributed by atoms with Crippen molar-refractivity contribution in [3.8, 4) is 0 Å². The van der Waals surface area contributed by atoms with Crippen molar-refractivity contribution in [3.63, 3.8) is 0 Å². The van der Waals surface area contributed by atoms with Gasteiger partial charge in [0.05, 0.1) is 17.2 Å². The highest BCUT2D eigenvalue weighted by Gasteiger charge is 2.39. The summed E-state index contributed by atoms with van der Waals surface area (Å²) in [5.74, 6) is -0.00463. The first-order valence-corrected chi connectivity index (χ1v) is 5.48. The van der Waals surface area contributed by atoms with Gasteiger partial charge in [-0.05, 0) is 33.3 Å². The average molecular weight is 219 g/mol. The minimum Gasteiger partial charge on any atom is -0.389 e. The molecule has 0 radical (unpaired) electrons. The number of carbonyl (C=O) groups is 1. The standard InChI is InChI=1S/C13H17NO2/c1-7-5-9(8(2)15)11-10(6-7)13(3,4)12(16)14-11/h5-6,8,15H,1-4H3,(H,14,16). The second-order valence-electron chi connectivity index (χ2n) is 5.03. The molecule has 0 aromatic heterocycles. The van der Waals surface area contributed by atoms with Crippen LogP contribution in [0.4, 0.5) is 5.69 Å². The normalized spacial score (nSPS) is 19.2. The number of carbonyl (C=O) groups excluding carboxylic acids is 1. The Kier molecular flexibility index (Phi) is 2.31. The van der Waals surface area contributed by atoms with Crippen molar-refractivity contribution in [2.75, 3.05) is 5.32 Å². The maximum atomic E-state index is 11.8. The van der Waals surface area contributed by atoms with Gasteiger partial charge in [-0.25, -0.2) is 0 Å². The fourth-order valence-corrected chi connectivity index (χ4v) is 2.17. The number of aryl methyl sites for hydroxylation is 1. The third-order valence-electron chi connectivity index (χ3n) is 3.24. The first-order valence-electron chi connectivity index (χ1n) is 5.48. The van der Waals surface area contributed by atoms with Crippen LogP contribution in [0.3, 0.4) is 0 Å². The molecule has 1 unspecified atom stereocenters. The molecule has 16 heavy (non-hydrogen) atoms. The van der Waals surface area contributed by atoms with E-state index in [-0.39, 0.29) is 5.91 Å². The molecule has 0 aliphatic carbocycles. The molecule has 0 saturated heterocycles. The highest BCUT2D eigenvalue weighted by atomic mass is 16.3. The molecular formula is C13H17NO2. The number of fused-ring (bicyclic) bond motifs is 1. The van der Waals surface area contributed by atoms with Gasteiger partial charge in [-0.1, -0.05) is 17.7 Å². The van der Waals surface area contributed by atoms with Crippen molar-refractivity contribution >= 4 is 11.6 Å². The molecule has 0 saturated carbocycles. The zero-order chi connectivity index (χ0) is 12.1. The molecule has 1 aromatic rings. The van der Waals surface area contributed by atoms with E-state index in [1.807, 2.05) is 32.9 Å². The van der Waals surface area contributed by atoms with Crippen molar-refractivity contribution in [1.29, 1.82) is 0 Å². The van der Waals surface area contributed by atoms with Crippen LogP contribution in [0.5, 0.6) is 0 Å². The largest absolute Gasteiger partial charge is 0.389 e. The van der Waals surface area contributed by atoms with Crippen LogP contribution in [-0.4, -0.2) is 11.0 Å². The smallest absolute Gasteiger partial charge is 0.234 e. The number of aliphatic hydroxyl groups excluding tert-OH is 1. The summed E-state index contributed by atoms with van der Waals surface area (Å²) >= 11 is 0. The number of benzene rings is 1. The monoisotopic (exact) mass is 219 g/mol. The summed E-state index contributed by atoms with van der Waals surface area (Å²) in [6.07, 6.45) is -0.567. The summed E-state index contributed by atoms with van der Waals surface area (Å²) in [6.45, 7) is 7.50. The Morgan fingerprint density at radius 3 is 2.56 bits per heavy atom. The van der Waals surface area contributed by atoms with Crippen molar-refractivity contribution in [3.05, 3.63) is 28.8 Å². The molecule has 3 nitrogen and oxygen atoms in total. The third-order valence-corrected chi connectivity index (χ3v) is 3.24. The number of anilines is 1. The summed E-state index contributed by atoms with van der Waals surface area (Å²) in [5, 5.41) is 12.6. The van der Waals surface area contributed by atoms with Gasteiger partial charge in [0.25, 0.3) is 0 Å². The van der Waals surface area contributed by atoms with Crippen LogP contribution in [0.2, 0.25) is 0 Å². The highest BCUT2D eigenvalue weighted by Crippen LogP contribution is 2.41. The van der Waals surface area contributed by atoms with Crippen LogP contribution >= 0.6 is 0 Å². The molecule has 2 N–H and O–H groups in total. The third kappa shape index (κ3) is 1.43. The van der Waals surface area contributed by atoms with E-state index in [9.17, 15) is 9.90 Å². The van der Waals surface area contributed by atoms with Crippen LogP contribution < -0.4 is 5.32 Å². The predicted molar refractivity (Wildman–Crippen MR) is 63.5 cm³/mol. The lowest BCUT2D eigenvalue weighted by molar-refractivity contribution is -0.119. The van der Waals surface area contributed by atoms with E-state index in [0.29, 0.717) is 0 Å². The van der Waals surface area contributed by atoms with Gasteiger partial charge in [0.2, 0.25) is 5.91 Å². The Balaban J connectivity index is 2.70. The minimum atomic E-state index is -0.567. The molecule has 2 rings (SSSR count). The van der Waals surface area contributed by atoms with Gasteiger partial charge in [0.15, 0.2) is 0 Å². The summed E-state index contributed by atoms with van der Waals surface area (Å²) < 4.78 is 0. The number of rotatable bonds is 1. The van der Waals surface area contributed by atoms with Crippen molar-refractivity contribution in [2.45, 2.75) is 39.2 Å². The number of hydrogen-bond donors (Lipinski definition) is 2. The van der Waals surface area contributed by atoms with Gasteiger partial charge in [-0.15, -0.1) is 0 Å². The molecule has 1 atom stereocenters. The number of nitrogens with one attached hydrogen (secondary N) is 1. The van der Waals surface area contributed by atoms with Gasteiger partial charge in [0.1, 0.15) is 0 Å². The second kappa shape index (κ2) is 3.32. The highest BCUT2D eigenvalue weighted by molar-refractivity contribution is 6.06. The lowest BCUT2D eigenvalue weighted by Gasteiger charge is -2.17. The Morgan fingerprint density at radius 1 is 1.38 bits per heavy atom. The van der Waals surface area contributed by atoms with Crippen molar-refractivity contribution in [1.82, 2.24) is 0 Å². The Bertz CT molecular complexity index is 461. The summed E-state index contributed by atoms with van der Waals surface area (Å²) in [7, 11) is 0. The van der Waals surface area contributed by atoms with Gasteiger partial charge in [0, 0.05) is 5.56 Å². The number of aliphatic hydroxyl groups is 1. The quantitative estimate of drug-likeness (QED) is 0.761. The topological polar surface area (TPSA) is 49.3 Å². The average Bonchev–Trinajstić information content (AvgIpc) is 2.39. The summed E-state index contributed by atoms with van der Waals surface area (Å²) in [6, 6.07) is 3.93. The lowest BCUT2D eigenvalue weighted by atomic mass is 9.84. The van der Waals surface area contributed by atoms with Crippen LogP contribution in [0.25, 0.3) is 0 Å². The lowest BCUT2D eigenvalue weighted by Crippen LogP contribution is -2.26. The van der Waals surface area contributed by atoms with Crippen molar-refractivity contribution in [2.24, 2.45) is 0 Å². The van der Waals surface area contributed by atoms with E-state index in [4.69, 9.17) is 0 Å². The Labute approximate surface area is 95.5 Å². The Hall–Kier alpha value is -1.35. The van der Waals surface area contributed by atoms with E-state index < -0.39 is 11.5 Å². The van der Waals surface area contributed by atoms with Gasteiger partial charge in [-0.3, -0.25) is 4.79 Å². The van der Waals surface area contributed by atoms with Crippen LogP contribution in [0.1, 0.15) is 43.6 Å². The van der Waals surface area contributed by atoms with Gasteiger partial charge < -0.3 is 10.4 Å². The maximum absolute atomic E-state index is 11.8. The zero-order valence-electron chi connectivity index (χ0n) is 10.1. The SMILES string of the molecule is Cc1cc(C(C)O)c2c(c1)C(C)(C)C(=O)N2. The van der Waals surface area contributed by atoms with E-state index in [0.717, 1.165) is 22.4 Å². The molecule has 1 aliphatic heterocycles. The molecule has 0 fully saturated rings. The van der Waals surface area contributed by atoms with E-state index in [1.54, 1.807) is 6.92 Å². The molecule has 3 heteroatoms. The van der Waals surface area contributed by atoms with E-state index in [2.05, 4.69) is 5.32 Å². The molecular weight excluding hydrogens is 202 g/mol. The molecule has 1 aliphatic rings. The fourth-order valence-electron chi connectivity index (χ4n) is 2.17. The molecule has 0 bridgehead atoms. The van der Waals surface area contributed by atoms with E-state index in [1.165, 1.54) is 0 Å². The second-order valence-corrected chi connectivity index (χ2v) is 5.03. The van der Waals surface area contributed by atoms with E-state index >= 15 is 0 Å².